The van der Waals surface area contributed by atoms with Crippen LogP contribution in [0.25, 0.3) is 0 Å². The van der Waals surface area contributed by atoms with Crippen LogP contribution in [0.15, 0.2) is 28.6 Å². The summed E-state index contributed by atoms with van der Waals surface area (Å²) in [6.45, 7) is 1.46. The number of benzene rings is 1. The Bertz CT molecular complexity index is 979. The van der Waals surface area contributed by atoms with E-state index >= 15 is 0 Å². The normalized spacial score (nSPS) is 12.1. The fourth-order valence-electron chi connectivity index (χ4n) is 2.26. The lowest BCUT2D eigenvalue weighted by Gasteiger charge is -2.28. The highest BCUT2D eigenvalue weighted by molar-refractivity contribution is 8.01. The largest absolute Gasteiger partial charge is 0.497 e. The Hall–Kier alpha value is -2.38. The van der Waals surface area contributed by atoms with E-state index in [1.54, 1.807) is 18.2 Å². The maximum absolute atomic E-state index is 12.7. The van der Waals surface area contributed by atoms with Gasteiger partial charge in [-0.05, 0) is 19.1 Å². The lowest BCUT2D eigenvalue weighted by molar-refractivity contribution is -0.137. The molecule has 1 atom stereocenters. The molecule has 1 aromatic heterocycles. The molecule has 13 heteroatoms. The smallest absolute Gasteiger partial charge is 0.316 e. The lowest BCUT2D eigenvalue weighted by Crippen LogP contribution is -2.45. The van der Waals surface area contributed by atoms with Gasteiger partial charge >= 0.3 is 5.97 Å². The number of carbonyl (C=O) groups is 2. The summed E-state index contributed by atoms with van der Waals surface area (Å²) in [4.78, 5) is 23.8. The molecule has 0 aliphatic heterocycles. The van der Waals surface area contributed by atoms with Crippen molar-refractivity contribution in [3.63, 3.8) is 0 Å². The number of carbonyl (C=O) groups excluding carboxylic acids is 2. The molecule has 29 heavy (non-hydrogen) atoms. The summed E-state index contributed by atoms with van der Waals surface area (Å²) >= 11 is 2.19. The van der Waals surface area contributed by atoms with Gasteiger partial charge < -0.3 is 9.47 Å². The maximum Gasteiger partial charge on any atom is 0.316 e. The Morgan fingerprint density at radius 1 is 1.31 bits per heavy atom. The van der Waals surface area contributed by atoms with Gasteiger partial charge in [-0.1, -0.05) is 29.2 Å². The van der Waals surface area contributed by atoms with Gasteiger partial charge in [-0.2, -0.15) is 0 Å². The van der Waals surface area contributed by atoms with Crippen LogP contribution in [0, 0.1) is 0 Å². The first-order valence-electron chi connectivity index (χ1n) is 8.13. The minimum Gasteiger partial charge on any atom is -0.497 e. The Morgan fingerprint density at radius 3 is 2.66 bits per heavy atom. The molecule has 0 unspecified atom stereocenters. The second-order valence-electron chi connectivity index (χ2n) is 5.66. The number of esters is 1. The van der Waals surface area contributed by atoms with Crippen molar-refractivity contribution in [1.29, 1.82) is 0 Å². The summed E-state index contributed by atoms with van der Waals surface area (Å²) in [5.41, 5.74) is 0.293. The number of aromatic nitrogens is 2. The van der Waals surface area contributed by atoms with Crippen molar-refractivity contribution >= 4 is 55.8 Å². The lowest BCUT2D eigenvalue weighted by atomic mass is 10.2. The van der Waals surface area contributed by atoms with E-state index in [9.17, 15) is 18.0 Å². The van der Waals surface area contributed by atoms with Gasteiger partial charge in [0.1, 0.15) is 11.8 Å². The minimum atomic E-state index is -3.77. The van der Waals surface area contributed by atoms with E-state index in [1.165, 1.54) is 27.2 Å². The Balaban J connectivity index is 2.15. The molecule has 0 spiro atoms. The molecular weight excluding hydrogens is 440 g/mol. The summed E-state index contributed by atoms with van der Waals surface area (Å²) in [5.74, 6) is -0.474. The minimum absolute atomic E-state index is 0.0627. The maximum atomic E-state index is 12.7. The van der Waals surface area contributed by atoms with Crippen LogP contribution in [0.1, 0.15) is 6.92 Å². The zero-order valence-electron chi connectivity index (χ0n) is 16.1. The Labute approximate surface area is 176 Å². The number of methoxy groups -OCH3 is 2. The number of ether oxygens (including phenoxy) is 2. The zero-order valence-corrected chi connectivity index (χ0v) is 18.6. The molecule has 1 N–H and O–H groups in total. The van der Waals surface area contributed by atoms with Crippen molar-refractivity contribution in [2.75, 3.05) is 35.9 Å². The molecule has 0 fully saturated rings. The van der Waals surface area contributed by atoms with Crippen molar-refractivity contribution in [2.45, 2.75) is 17.3 Å². The first-order valence-corrected chi connectivity index (χ1v) is 11.8. The zero-order chi connectivity index (χ0) is 21.6. The second kappa shape index (κ2) is 9.89. The molecule has 2 rings (SSSR count). The molecule has 158 valence electrons. The van der Waals surface area contributed by atoms with E-state index in [2.05, 4.69) is 20.3 Å². The van der Waals surface area contributed by atoms with Crippen molar-refractivity contribution in [3.8, 4) is 5.75 Å². The van der Waals surface area contributed by atoms with Gasteiger partial charge in [-0.25, -0.2) is 8.42 Å². The Morgan fingerprint density at radius 2 is 2.03 bits per heavy atom. The number of hydrogen-bond acceptors (Lipinski definition) is 10. The average Bonchev–Trinajstić information content (AvgIpc) is 3.12. The number of anilines is 2. The van der Waals surface area contributed by atoms with E-state index < -0.39 is 27.9 Å². The van der Waals surface area contributed by atoms with E-state index in [0.29, 0.717) is 15.8 Å². The van der Waals surface area contributed by atoms with Crippen LogP contribution < -0.4 is 14.4 Å². The number of rotatable bonds is 9. The number of amides is 1. The topological polar surface area (TPSA) is 128 Å². The summed E-state index contributed by atoms with van der Waals surface area (Å²) in [5, 5.41) is 10.5. The highest BCUT2D eigenvalue weighted by atomic mass is 32.2. The SMILES string of the molecule is COC(=O)CSc1nnc(NC(=O)[C@@H](C)N(c2cccc(OC)c2)S(C)(=O)=O)s1. The summed E-state index contributed by atoms with van der Waals surface area (Å²) < 4.78 is 35.8. The first kappa shape index (κ1) is 22.9. The molecule has 10 nitrogen and oxygen atoms in total. The van der Waals surface area contributed by atoms with Crippen molar-refractivity contribution in [2.24, 2.45) is 0 Å². The molecule has 0 saturated carbocycles. The quantitative estimate of drug-likeness (QED) is 0.337. The number of sulfonamides is 1. The monoisotopic (exact) mass is 460 g/mol. The van der Waals surface area contributed by atoms with Crippen LogP contribution in [-0.4, -0.2) is 62.8 Å². The van der Waals surface area contributed by atoms with Gasteiger partial charge in [0.15, 0.2) is 4.34 Å². The van der Waals surface area contributed by atoms with Crippen molar-refractivity contribution in [3.05, 3.63) is 24.3 Å². The van der Waals surface area contributed by atoms with Gasteiger partial charge in [-0.3, -0.25) is 19.2 Å². The van der Waals surface area contributed by atoms with Crippen LogP contribution in [0.4, 0.5) is 10.8 Å². The van der Waals surface area contributed by atoms with Gasteiger partial charge in [0.2, 0.25) is 21.1 Å². The molecule has 0 saturated heterocycles. The van der Waals surface area contributed by atoms with Gasteiger partial charge in [-0.15, -0.1) is 10.2 Å². The number of nitrogens with one attached hydrogen (secondary N) is 1. The highest BCUT2D eigenvalue weighted by Gasteiger charge is 2.30. The van der Waals surface area contributed by atoms with Crippen molar-refractivity contribution in [1.82, 2.24) is 10.2 Å². The Kier molecular flexibility index (Phi) is 7.81. The molecule has 0 radical (unpaired) electrons. The third-order valence-corrected chi connectivity index (χ3v) is 6.76. The number of thioether (sulfide) groups is 1. The average molecular weight is 461 g/mol. The fourth-order valence-corrected chi connectivity index (χ4v) is 5.02. The summed E-state index contributed by atoms with van der Waals surface area (Å²) in [7, 11) is -1.02. The molecule has 1 amide bonds. The van der Waals surface area contributed by atoms with Gasteiger partial charge in [0.05, 0.1) is 31.9 Å². The van der Waals surface area contributed by atoms with Crippen LogP contribution in [-0.2, 0) is 24.3 Å². The van der Waals surface area contributed by atoms with Gasteiger partial charge in [0, 0.05) is 6.07 Å². The first-order chi connectivity index (χ1) is 13.7. The van der Waals surface area contributed by atoms with Crippen LogP contribution in [0.5, 0.6) is 5.75 Å². The van der Waals surface area contributed by atoms with Crippen LogP contribution >= 0.6 is 23.1 Å². The predicted octanol–water partition coefficient (Wildman–Crippen LogP) is 1.60. The molecular formula is C16H20N4O6S3. The highest BCUT2D eigenvalue weighted by Crippen LogP contribution is 2.28. The predicted molar refractivity (Wildman–Crippen MR) is 111 cm³/mol. The molecule has 0 aliphatic carbocycles. The molecule has 1 heterocycles. The van der Waals surface area contributed by atoms with E-state index in [-0.39, 0.29) is 10.9 Å². The van der Waals surface area contributed by atoms with Crippen molar-refractivity contribution < 1.29 is 27.5 Å². The summed E-state index contributed by atoms with van der Waals surface area (Å²) in [6.07, 6.45) is 1.02. The van der Waals surface area contributed by atoms with Crippen LogP contribution in [0.2, 0.25) is 0 Å². The van der Waals surface area contributed by atoms with E-state index in [1.807, 2.05) is 0 Å². The summed E-state index contributed by atoms with van der Waals surface area (Å²) in [6, 6.07) is 5.33. The second-order valence-corrected chi connectivity index (χ2v) is 9.72. The van der Waals surface area contributed by atoms with E-state index in [0.717, 1.165) is 33.7 Å². The standard InChI is InChI=1S/C16H20N4O6S3/c1-10(20(29(4,23)24)11-6-5-7-12(8-11)25-2)14(22)17-15-18-19-16(28-15)27-9-13(21)26-3/h5-8,10H,9H2,1-4H3,(H,17,18,22)/t10-/m1/s1. The third-order valence-electron chi connectivity index (χ3n) is 3.57. The van der Waals surface area contributed by atoms with Crippen LogP contribution in [0.3, 0.4) is 0 Å². The number of hydrogen-bond donors (Lipinski definition) is 1. The number of nitrogens with zero attached hydrogens (tertiary/aromatic N) is 3. The molecule has 0 bridgehead atoms. The molecule has 2 aromatic rings. The molecule has 0 aliphatic rings. The fraction of sp³-hybridized carbons (Fsp3) is 0.375. The van der Waals surface area contributed by atoms with Gasteiger partial charge in [0.25, 0.3) is 0 Å². The van der Waals surface area contributed by atoms with E-state index in [4.69, 9.17) is 4.74 Å². The molecule has 1 aromatic carbocycles. The third kappa shape index (κ3) is 6.30.